The van der Waals surface area contributed by atoms with Crippen molar-refractivity contribution < 1.29 is 23.0 Å². The first-order valence-electron chi connectivity index (χ1n) is 6.68. The van der Waals surface area contributed by atoms with E-state index in [1.807, 2.05) is 0 Å². The monoisotopic (exact) mass is 378 g/mol. The van der Waals surface area contributed by atoms with Crippen LogP contribution in [0.1, 0.15) is 31.4 Å². The lowest BCUT2D eigenvalue weighted by molar-refractivity contribution is -0.136. The van der Waals surface area contributed by atoms with Crippen LogP contribution in [0.2, 0.25) is 0 Å². The minimum atomic E-state index is -4.50. The molecule has 1 saturated carbocycles. The summed E-state index contributed by atoms with van der Waals surface area (Å²) in [7, 11) is 1.37. The predicted octanol–water partition coefficient (Wildman–Crippen LogP) is 3.91. The van der Waals surface area contributed by atoms with Gasteiger partial charge in [-0.25, -0.2) is 0 Å². The molecule has 3 rings (SSSR count). The third-order valence-corrected chi connectivity index (χ3v) is 4.39. The average molecular weight is 379 g/mol. The van der Waals surface area contributed by atoms with Crippen LogP contribution in [-0.4, -0.2) is 27.6 Å². The van der Waals surface area contributed by atoms with Gasteiger partial charge in [0.2, 0.25) is 5.88 Å². The van der Waals surface area contributed by atoms with Crippen LogP contribution in [0.25, 0.3) is 10.9 Å². The zero-order chi connectivity index (χ0) is 16.3. The molecule has 0 bridgehead atoms. The molecule has 1 fully saturated rings. The molecule has 1 aromatic carbocycles. The zero-order valence-corrected chi connectivity index (χ0v) is 13.5. The molecule has 2 aromatic rings. The van der Waals surface area contributed by atoms with Crippen molar-refractivity contribution in [2.75, 3.05) is 7.11 Å². The Morgan fingerprint density at radius 1 is 1.41 bits per heavy atom. The number of aliphatic hydroxyl groups is 1. The van der Waals surface area contributed by atoms with E-state index in [-0.39, 0.29) is 17.4 Å². The number of alkyl halides is 3. The number of fused-ring (bicyclic) bond motifs is 1. The lowest BCUT2D eigenvalue weighted by Gasteiger charge is -2.41. The predicted molar refractivity (Wildman–Crippen MR) is 77.9 cm³/mol. The highest BCUT2D eigenvalue weighted by atomic mass is 79.9. The van der Waals surface area contributed by atoms with Crippen molar-refractivity contribution in [1.82, 2.24) is 9.78 Å². The topological polar surface area (TPSA) is 47.3 Å². The van der Waals surface area contributed by atoms with E-state index in [1.165, 1.54) is 11.8 Å². The second-order valence-electron chi connectivity index (χ2n) is 5.86. The van der Waals surface area contributed by atoms with Crippen LogP contribution in [0.5, 0.6) is 5.88 Å². The molecular formula is C14H14BrF3N2O2. The van der Waals surface area contributed by atoms with Crippen molar-refractivity contribution >= 4 is 26.8 Å². The molecular weight excluding hydrogens is 365 g/mol. The van der Waals surface area contributed by atoms with Crippen LogP contribution in [0, 0.1) is 0 Å². The molecule has 120 valence electrons. The van der Waals surface area contributed by atoms with Crippen molar-refractivity contribution in [3.8, 4) is 5.88 Å². The molecule has 1 aromatic heterocycles. The van der Waals surface area contributed by atoms with Crippen LogP contribution < -0.4 is 4.74 Å². The van der Waals surface area contributed by atoms with E-state index in [2.05, 4.69) is 21.0 Å². The summed E-state index contributed by atoms with van der Waals surface area (Å²) in [5, 5.41) is 14.3. The Hall–Kier alpha value is -1.28. The third kappa shape index (κ3) is 2.48. The maximum atomic E-state index is 13.4. The number of ether oxygens (including phenoxy) is 1. The van der Waals surface area contributed by atoms with Gasteiger partial charge in [0, 0.05) is 4.47 Å². The van der Waals surface area contributed by atoms with Gasteiger partial charge in [-0.05, 0) is 31.9 Å². The minimum absolute atomic E-state index is 0.00644. The van der Waals surface area contributed by atoms with Gasteiger partial charge in [-0.15, -0.1) is 5.10 Å². The fourth-order valence-electron chi connectivity index (χ4n) is 2.97. The van der Waals surface area contributed by atoms with Crippen molar-refractivity contribution in [2.24, 2.45) is 0 Å². The molecule has 0 spiro atoms. The molecule has 1 heterocycles. The van der Waals surface area contributed by atoms with Crippen LogP contribution in [0.4, 0.5) is 13.2 Å². The molecule has 1 aliphatic carbocycles. The molecule has 0 saturated heterocycles. The number of benzene rings is 1. The first-order valence-corrected chi connectivity index (χ1v) is 7.47. The van der Waals surface area contributed by atoms with E-state index in [1.54, 1.807) is 13.0 Å². The summed E-state index contributed by atoms with van der Waals surface area (Å²) in [6, 6.07) is 2.32. The number of methoxy groups -OCH3 is 1. The van der Waals surface area contributed by atoms with Gasteiger partial charge in [-0.1, -0.05) is 15.9 Å². The smallest absolute Gasteiger partial charge is 0.418 e. The Balaban J connectivity index is 2.25. The Bertz CT molecular complexity index is 732. The maximum absolute atomic E-state index is 13.4. The van der Waals surface area contributed by atoms with Crippen molar-refractivity contribution in [3.05, 3.63) is 22.2 Å². The van der Waals surface area contributed by atoms with E-state index in [9.17, 15) is 18.3 Å². The summed E-state index contributed by atoms with van der Waals surface area (Å²) < 4.78 is 46.9. The van der Waals surface area contributed by atoms with Crippen molar-refractivity contribution in [3.63, 3.8) is 0 Å². The van der Waals surface area contributed by atoms with Gasteiger partial charge in [-0.2, -0.15) is 13.2 Å². The van der Waals surface area contributed by atoms with E-state index in [4.69, 9.17) is 4.74 Å². The second-order valence-corrected chi connectivity index (χ2v) is 6.78. The van der Waals surface area contributed by atoms with E-state index in [0.717, 1.165) is 6.07 Å². The molecule has 0 amide bonds. The highest BCUT2D eigenvalue weighted by Gasteiger charge is 2.43. The SMILES string of the molecule is COc1nn(C2CC(C)(O)C2)c2c(C(F)(F)F)cc(Br)cc12. The summed E-state index contributed by atoms with van der Waals surface area (Å²) in [5.41, 5.74) is -1.63. The zero-order valence-electron chi connectivity index (χ0n) is 11.9. The summed E-state index contributed by atoms with van der Waals surface area (Å²) >= 11 is 3.10. The van der Waals surface area contributed by atoms with E-state index >= 15 is 0 Å². The maximum Gasteiger partial charge on any atom is 0.418 e. The van der Waals surface area contributed by atoms with Gasteiger partial charge in [0.05, 0.1) is 35.2 Å². The Morgan fingerprint density at radius 3 is 2.55 bits per heavy atom. The summed E-state index contributed by atoms with van der Waals surface area (Å²) in [6.45, 7) is 1.66. The van der Waals surface area contributed by atoms with Gasteiger partial charge >= 0.3 is 6.18 Å². The van der Waals surface area contributed by atoms with Crippen molar-refractivity contribution in [2.45, 2.75) is 37.6 Å². The molecule has 1 aliphatic rings. The molecule has 0 aliphatic heterocycles. The molecule has 8 heteroatoms. The summed E-state index contributed by atoms with van der Waals surface area (Å²) in [4.78, 5) is 0. The fourth-order valence-corrected chi connectivity index (χ4v) is 3.43. The Kier molecular flexibility index (Phi) is 3.45. The highest BCUT2D eigenvalue weighted by Crippen LogP contribution is 2.46. The lowest BCUT2D eigenvalue weighted by atomic mass is 9.77. The number of rotatable bonds is 2. The van der Waals surface area contributed by atoms with Crippen molar-refractivity contribution in [1.29, 1.82) is 0 Å². The van der Waals surface area contributed by atoms with Gasteiger partial charge in [0.15, 0.2) is 0 Å². The number of hydrogen-bond acceptors (Lipinski definition) is 3. The number of aromatic nitrogens is 2. The molecule has 0 unspecified atom stereocenters. The van der Waals surface area contributed by atoms with Crippen LogP contribution in [-0.2, 0) is 6.18 Å². The highest BCUT2D eigenvalue weighted by molar-refractivity contribution is 9.10. The first-order chi connectivity index (χ1) is 10.1. The molecule has 4 nitrogen and oxygen atoms in total. The van der Waals surface area contributed by atoms with Gasteiger partial charge in [0.1, 0.15) is 0 Å². The minimum Gasteiger partial charge on any atom is -0.479 e. The number of halogens is 4. The van der Waals surface area contributed by atoms with Crippen LogP contribution >= 0.6 is 15.9 Å². The average Bonchev–Trinajstić information content (AvgIpc) is 2.71. The summed E-state index contributed by atoms with van der Waals surface area (Å²) in [5.74, 6) is 0.147. The van der Waals surface area contributed by atoms with E-state index in [0.29, 0.717) is 22.7 Å². The van der Waals surface area contributed by atoms with Crippen LogP contribution in [0.3, 0.4) is 0 Å². The largest absolute Gasteiger partial charge is 0.479 e. The fraction of sp³-hybridized carbons (Fsp3) is 0.500. The molecule has 0 radical (unpaired) electrons. The van der Waals surface area contributed by atoms with Gasteiger partial charge < -0.3 is 9.84 Å². The summed E-state index contributed by atoms with van der Waals surface area (Å²) in [6.07, 6.45) is -3.78. The number of nitrogens with zero attached hydrogens (tertiary/aromatic N) is 2. The molecule has 22 heavy (non-hydrogen) atoms. The second kappa shape index (κ2) is 4.86. The molecule has 1 N–H and O–H groups in total. The standard InChI is InChI=1S/C14H14BrF3N2O2/c1-13(21)5-8(6-13)20-11-9(12(19-20)22-2)3-7(15)4-10(11)14(16,17)18/h3-4,8,21H,5-6H2,1-2H3. The normalized spacial score (nSPS) is 25.3. The Morgan fingerprint density at radius 2 is 2.05 bits per heavy atom. The Labute approximate surface area is 133 Å². The quantitative estimate of drug-likeness (QED) is 0.861. The number of hydrogen-bond donors (Lipinski definition) is 1. The van der Waals surface area contributed by atoms with Gasteiger partial charge in [0.25, 0.3) is 0 Å². The van der Waals surface area contributed by atoms with Gasteiger partial charge in [-0.3, -0.25) is 4.68 Å². The molecule has 0 atom stereocenters. The van der Waals surface area contributed by atoms with Crippen LogP contribution in [0.15, 0.2) is 16.6 Å². The van der Waals surface area contributed by atoms with E-state index < -0.39 is 17.3 Å². The lowest BCUT2D eigenvalue weighted by Crippen LogP contribution is -2.42. The third-order valence-electron chi connectivity index (χ3n) is 3.93. The first kappa shape index (κ1) is 15.6.